The van der Waals surface area contributed by atoms with E-state index in [4.69, 9.17) is 11.6 Å². The third-order valence-corrected chi connectivity index (χ3v) is 6.09. The largest absolute Gasteiger partial charge is 0.310 e. The van der Waals surface area contributed by atoms with Gasteiger partial charge >= 0.3 is 0 Å². The van der Waals surface area contributed by atoms with Crippen molar-refractivity contribution in [2.45, 2.75) is 56.1 Å². The molecular formula is C15H21ClN2O2S. The molecule has 2 saturated carbocycles. The molecule has 1 aromatic carbocycles. The molecule has 4 nitrogen and oxygen atoms in total. The molecule has 2 atom stereocenters. The predicted octanol–water partition coefficient (Wildman–Crippen LogP) is 2.67. The molecule has 0 amide bonds. The van der Waals surface area contributed by atoms with Gasteiger partial charge in [0.25, 0.3) is 0 Å². The van der Waals surface area contributed by atoms with Gasteiger partial charge in [0.2, 0.25) is 10.0 Å². The average Bonchev–Trinajstić information content (AvgIpc) is 3.32. The van der Waals surface area contributed by atoms with Crippen molar-refractivity contribution in [2.24, 2.45) is 5.92 Å². The third-order valence-electron chi connectivity index (χ3n) is 4.25. The van der Waals surface area contributed by atoms with E-state index in [0.29, 0.717) is 23.5 Å². The molecule has 2 N–H and O–H groups in total. The molecule has 1 aromatic rings. The van der Waals surface area contributed by atoms with Crippen LogP contribution in [-0.4, -0.2) is 20.5 Å². The van der Waals surface area contributed by atoms with Crippen LogP contribution in [0, 0.1) is 5.92 Å². The smallest absolute Gasteiger partial charge is 0.240 e. The Kier molecular flexibility index (Phi) is 4.28. The van der Waals surface area contributed by atoms with E-state index >= 15 is 0 Å². The van der Waals surface area contributed by atoms with Gasteiger partial charge in [-0.15, -0.1) is 0 Å². The number of hydrogen-bond donors (Lipinski definition) is 2. The zero-order valence-electron chi connectivity index (χ0n) is 12.1. The van der Waals surface area contributed by atoms with E-state index in [9.17, 15) is 8.42 Å². The van der Waals surface area contributed by atoms with E-state index in [0.717, 1.165) is 18.4 Å². The predicted molar refractivity (Wildman–Crippen MR) is 83.8 cm³/mol. The van der Waals surface area contributed by atoms with Crippen LogP contribution in [0.15, 0.2) is 23.1 Å². The zero-order chi connectivity index (χ0) is 15.0. The van der Waals surface area contributed by atoms with Gasteiger partial charge < -0.3 is 5.32 Å². The van der Waals surface area contributed by atoms with Crippen LogP contribution in [-0.2, 0) is 16.6 Å². The second kappa shape index (κ2) is 5.88. The lowest BCUT2D eigenvalue weighted by Crippen LogP contribution is -2.27. The number of rotatable bonds is 7. The highest BCUT2D eigenvalue weighted by atomic mass is 35.5. The summed E-state index contributed by atoms with van der Waals surface area (Å²) in [5.74, 6) is 0.484. The van der Waals surface area contributed by atoms with Crippen molar-refractivity contribution in [3.05, 3.63) is 28.8 Å². The Morgan fingerprint density at radius 2 is 2.10 bits per heavy atom. The number of benzene rings is 1. The molecule has 2 fully saturated rings. The van der Waals surface area contributed by atoms with Crippen molar-refractivity contribution in [3.8, 4) is 0 Å². The van der Waals surface area contributed by atoms with Crippen molar-refractivity contribution in [3.63, 3.8) is 0 Å². The second-order valence-electron chi connectivity index (χ2n) is 6.04. The van der Waals surface area contributed by atoms with E-state index in [1.807, 2.05) is 0 Å². The highest BCUT2D eigenvalue weighted by Crippen LogP contribution is 2.34. The van der Waals surface area contributed by atoms with Crippen LogP contribution in [0.2, 0.25) is 5.02 Å². The first-order valence-corrected chi connectivity index (χ1v) is 9.40. The van der Waals surface area contributed by atoms with Gasteiger partial charge in [0.15, 0.2) is 0 Å². The fourth-order valence-electron chi connectivity index (χ4n) is 2.49. The van der Waals surface area contributed by atoms with Crippen LogP contribution in [0.25, 0.3) is 0 Å². The first-order chi connectivity index (χ1) is 9.99. The SMILES string of the molecule is CCC1CC1NS(=O)(=O)c1ccc(CNC2CC2)c(Cl)c1. The molecular weight excluding hydrogens is 308 g/mol. The Bertz CT molecular complexity index is 629. The maximum atomic E-state index is 12.3. The maximum Gasteiger partial charge on any atom is 0.240 e. The lowest BCUT2D eigenvalue weighted by Gasteiger charge is -2.10. The monoisotopic (exact) mass is 328 g/mol. The average molecular weight is 329 g/mol. The highest BCUT2D eigenvalue weighted by Gasteiger charge is 2.38. The van der Waals surface area contributed by atoms with Crippen LogP contribution in [0.1, 0.15) is 38.2 Å². The number of hydrogen-bond acceptors (Lipinski definition) is 3. The second-order valence-corrected chi connectivity index (χ2v) is 8.16. The van der Waals surface area contributed by atoms with Gasteiger partial charge in [0, 0.05) is 23.7 Å². The van der Waals surface area contributed by atoms with Gasteiger partial charge in [0.05, 0.1) is 4.90 Å². The van der Waals surface area contributed by atoms with E-state index in [-0.39, 0.29) is 10.9 Å². The Labute approximate surface area is 131 Å². The molecule has 3 rings (SSSR count). The Balaban J connectivity index is 1.68. The molecule has 0 aliphatic heterocycles. The fraction of sp³-hybridized carbons (Fsp3) is 0.600. The Hall–Kier alpha value is -0.620. The molecule has 0 spiro atoms. The number of halogens is 1. The quantitative estimate of drug-likeness (QED) is 0.809. The maximum absolute atomic E-state index is 12.3. The molecule has 2 unspecified atom stereocenters. The van der Waals surface area contributed by atoms with Crippen LogP contribution >= 0.6 is 11.6 Å². The van der Waals surface area contributed by atoms with Crippen molar-refractivity contribution in [2.75, 3.05) is 0 Å². The van der Waals surface area contributed by atoms with Crippen LogP contribution in [0.5, 0.6) is 0 Å². The summed E-state index contributed by atoms with van der Waals surface area (Å²) in [4.78, 5) is 0.254. The number of nitrogens with one attached hydrogen (secondary N) is 2. The van der Waals surface area contributed by atoms with Crippen molar-refractivity contribution >= 4 is 21.6 Å². The third kappa shape index (κ3) is 3.77. The fourth-order valence-corrected chi connectivity index (χ4v) is 4.15. The molecule has 0 aromatic heterocycles. The summed E-state index contributed by atoms with van der Waals surface area (Å²) >= 11 is 6.22. The molecule has 0 heterocycles. The molecule has 0 radical (unpaired) electrons. The van der Waals surface area contributed by atoms with Gasteiger partial charge in [-0.3, -0.25) is 0 Å². The summed E-state index contributed by atoms with van der Waals surface area (Å²) in [6.07, 6.45) is 4.38. The molecule has 116 valence electrons. The lowest BCUT2D eigenvalue weighted by molar-refractivity contribution is 0.576. The molecule has 2 aliphatic rings. The summed E-state index contributed by atoms with van der Waals surface area (Å²) in [5, 5.41) is 3.89. The molecule has 6 heteroatoms. The Morgan fingerprint density at radius 3 is 2.67 bits per heavy atom. The first kappa shape index (κ1) is 15.3. The minimum atomic E-state index is -3.45. The van der Waals surface area contributed by atoms with Crippen LogP contribution in [0.4, 0.5) is 0 Å². The summed E-state index contributed by atoms with van der Waals surface area (Å²) in [5.41, 5.74) is 0.945. The summed E-state index contributed by atoms with van der Waals surface area (Å²) in [7, 11) is -3.45. The Morgan fingerprint density at radius 1 is 1.33 bits per heavy atom. The van der Waals surface area contributed by atoms with Gasteiger partial charge in [0.1, 0.15) is 0 Å². The van der Waals surface area contributed by atoms with Gasteiger partial charge in [-0.05, 0) is 42.9 Å². The first-order valence-electron chi connectivity index (χ1n) is 7.53. The molecule has 0 saturated heterocycles. The van der Waals surface area contributed by atoms with E-state index in [1.165, 1.54) is 12.8 Å². The van der Waals surface area contributed by atoms with Gasteiger partial charge in [-0.2, -0.15) is 0 Å². The van der Waals surface area contributed by atoms with Gasteiger partial charge in [-0.25, -0.2) is 13.1 Å². The standard InChI is InChI=1S/C15H21ClN2O2S/c1-2-10-7-15(10)18-21(19,20)13-6-3-11(14(16)8-13)9-17-12-4-5-12/h3,6,8,10,12,15,17-18H,2,4-5,7,9H2,1H3. The highest BCUT2D eigenvalue weighted by molar-refractivity contribution is 7.89. The summed E-state index contributed by atoms with van der Waals surface area (Å²) in [6.45, 7) is 2.77. The van der Waals surface area contributed by atoms with E-state index in [2.05, 4.69) is 17.0 Å². The molecule has 21 heavy (non-hydrogen) atoms. The summed E-state index contributed by atoms with van der Waals surface area (Å²) < 4.78 is 27.3. The van der Waals surface area contributed by atoms with Crippen molar-refractivity contribution in [1.29, 1.82) is 0 Å². The number of sulfonamides is 1. The van der Waals surface area contributed by atoms with Gasteiger partial charge in [-0.1, -0.05) is 31.0 Å². The van der Waals surface area contributed by atoms with Crippen molar-refractivity contribution < 1.29 is 8.42 Å². The minimum Gasteiger partial charge on any atom is -0.310 e. The summed E-state index contributed by atoms with van der Waals surface area (Å²) in [6, 6.07) is 5.69. The van der Waals surface area contributed by atoms with Crippen LogP contribution < -0.4 is 10.0 Å². The van der Waals surface area contributed by atoms with E-state index < -0.39 is 10.0 Å². The molecule has 2 aliphatic carbocycles. The molecule has 0 bridgehead atoms. The normalized spacial score (nSPS) is 25.0. The van der Waals surface area contributed by atoms with E-state index in [1.54, 1.807) is 18.2 Å². The van der Waals surface area contributed by atoms with Crippen molar-refractivity contribution in [1.82, 2.24) is 10.0 Å². The zero-order valence-corrected chi connectivity index (χ0v) is 13.7. The topological polar surface area (TPSA) is 58.2 Å². The minimum absolute atomic E-state index is 0.0926. The lowest BCUT2D eigenvalue weighted by atomic mass is 10.2. The van der Waals surface area contributed by atoms with Crippen LogP contribution in [0.3, 0.4) is 0 Å².